The second kappa shape index (κ2) is 4.93. The Labute approximate surface area is 99.0 Å². The highest BCUT2D eigenvalue weighted by molar-refractivity contribution is 6.30. The molecule has 0 N–H and O–H groups in total. The molecule has 4 heteroatoms. The van der Waals surface area contributed by atoms with Crippen LogP contribution in [0.25, 0.3) is 0 Å². The third kappa shape index (κ3) is 2.80. The van der Waals surface area contributed by atoms with Gasteiger partial charge in [-0.25, -0.2) is 4.39 Å². The molecule has 0 bridgehead atoms. The van der Waals surface area contributed by atoms with E-state index in [9.17, 15) is 9.18 Å². The monoisotopic (exact) mass is 241 g/mol. The molecule has 0 aromatic heterocycles. The first-order chi connectivity index (χ1) is 7.65. The predicted octanol–water partition coefficient (Wildman–Crippen LogP) is 2.64. The van der Waals surface area contributed by atoms with Gasteiger partial charge < -0.3 is 0 Å². The van der Waals surface area contributed by atoms with Crippen molar-refractivity contribution in [1.82, 2.24) is 4.90 Å². The van der Waals surface area contributed by atoms with Crippen LogP contribution in [0.3, 0.4) is 0 Å². The Balaban J connectivity index is 2.03. The number of hydrogen-bond donors (Lipinski definition) is 0. The second-order valence-corrected chi connectivity index (χ2v) is 4.49. The molecule has 1 aromatic rings. The van der Waals surface area contributed by atoms with Gasteiger partial charge in [0.2, 0.25) is 0 Å². The fraction of sp³-hybridized carbons (Fsp3) is 0.417. The van der Waals surface area contributed by atoms with Crippen LogP contribution in [0.5, 0.6) is 0 Å². The van der Waals surface area contributed by atoms with Crippen LogP contribution in [0, 0.1) is 5.82 Å². The predicted molar refractivity (Wildman–Crippen MR) is 60.9 cm³/mol. The lowest BCUT2D eigenvalue weighted by Crippen LogP contribution is -2.33. The summed E-state index contributed by atoms with van der Waals surface area (Å²) in [5, 5.41) is 0.546. The zero-order valence-electron chi connectivity index (χ0n) is 8.88. The highest BCUT2D eigenvalue weighted by atomic mass is 35.5. The van der Waals surface area contributed by atoms with E-state index in [1.165, 1.54) is 6.07 Å². The zero-order chi connectivity index (χ0) is 11.5. The average molecular weight is 242 g/mol. The van der Waals surface area contributed by atoms with Crippen LogP contribution >= 0.6 is 11.6 Å². The van der Waals surface area contributed by atoms with E-state index in [0.29, 0.717) is 48.8 Å². The number of likely N-dealkylation sites (tertiary alicyclic amines) is 1. The number of hydrogen-bond acceptors (Lipinski definition) is 2. The van der Waals surface area contributed by atoms with Crippen molar-refractivity contribution in [3.8, 4) is 0 Å². The van der Waals surface area contributed by atoms with Crippen LogP contribution in [-0.4, -0.2) is 23.8 Å². The highest BCUT2D eigenvalue weighted by Crippen LogP contribution is 2.18. The molecule has 2 nitrogen and oxygen atoms in total. The third-order valence-corrected chi connectivity index (χ3v) is 3.05. The molecule has 1 aliphatic heterocycles. The number of Topliss-reactive ketones (excluding diaryl/α,β-unsaturated/α-hetero) is 1. The maximum absolute atomic E-state index is 13.4. The minimum atomic E-state index is -0.235. The van der Waals surface area contributed by atoms with Gasteiger partial charge in [0.15, 0.2) is 0 Å². The van der Waals surface area contributed by atoms with Crippen LogP contribution in [0.15, 0.2) is 18.2 Å². The molecule has 1 saturated heterocycles. The SMILES string of the molecule is O=C1CCN(Cc2cc(Cl)ccc2F)CC1. The van der Waals surface area contributed by atoms with E-state index in [2.05, 4.69) is 4.90 Å². The molecule has 0 radical (unpaired) electrons. The molecular weight excluding hydrogens is 229 g/mol. The first kappa shape index (κ1) is 11.6. The van der Waals surface area contributed by atoms with Crippen LogP contribution < -0.4 is 0 Å². The molecule has 0 atom stereocenters. The maximum Gasteiger partial charge on any atom is 0.135 e. The summed E-state index contributed by atoms with van der Waals surface area (Å²) in [6, 6.07) is 4.57. The van der Waals surface area contributed by atoms with E-state index in [1.54, 1.807) is 12.1 Å². The van der Waals surface area contributed by atoms with Gasteiger partial charge in [0.1, 0.15) is 11.6 Å². The lowest BCUT2D eigenvalue weighted by atomic mass is 10.1. The summed E-state index contributed by atoms with van der Waals surface area (Å²) < 4.78 is 13.4. The minimum Gasteiger partial charge on any atom is -0.300 e. The van der Waals surface area contributed by atoms with Crippen LogP contribution in [0.1, 0.15) is 18.4 Å². The van der Waals surface area contributed by atoms with Crippen LogP contribution in [0.4, 0.5) is 4.39 Å². The molecule has 2 rings (SSSR count). The first-order valence-corrected chi connectivity index (χ1v) is 5.71. The fourth-order valence-electron chi connectivity index (χ4n) is 1.87. The van der Waals surface area contributed by atoms with Gasteiger partial charge in [-0.05, 0) is 18.2 Å². The maximum atomic E-state index is 13.4. The second-order valence-electron chi connectivity index (χ2n) is 4.05. The summed E-state index contributed by atoms with van der Waals surface area (Å²) >= 11 is 5.82. The normalized spacial score (nSPS) is 17.8. The molecule has 1 aliphatic rings. The molecule has 86 valence electrons. The molecule has 0 spiro atoms. The van der Waals surface area contributed by atoms with Gasteiger partial charge in [0.25, 0.3) is 0 Å². The summed E-state index contributed by atoms with van der Waals surface area (Å²) in [6.07, 6.45) is 1.14. The van der Waals surface area contributed by atoms with Gasteiger partial charge in [0, 0.05) is 43.1 Å². The van der Waals surface area contributed by atoms with Crippen LogP contribution in [-0.2, 0) is 11.3 Å². The Bertz CT molecular complexity index is 398. The topological polar surface area (TPSA) is 20.3 Å². The number of rotatable bonds is 2. The van der Waals surface area contributed by atoms with Crippen molar-refractivity contribution in [1.29, 1.82) is 0 Å². The van der Waals surface area contributed by atoms with Crippen molar-refractivity contribution in [3.05, 3.63) is 34.6 Å². The smallest absolute Gasteiger partial charge is 0.135 e. The molecule has 0 amide bonds. The fourth-order valence-corrected chi connectivity index (χ4v) is 2.06. The molecule has 0 aliphatic carbocycles. The van der Waals surface area contributed by atoms with E-state index < -0.39 is 0 Å². The largest absolute Gasteiger partial charge is 0.300 e. The van der Waals surface area contributed by atoms with Gasteiger partial charge in [-0.15, -0.1) is 0 Å². The minimum absolute atomic E-state index is 0.235. The Morgan fingerprint density at radius 2 is 2.00 bits per heavy atom. The zero-order valence-corrected chi connectivity index (χ0v) is 9.63. The van der Waals surface area contributed by atoms with Crippen molar-refractivity contribution in [2.75, 3.05) is 13.1 Å². The Hall–Kier alpha value is -0.930. The van der Waals surface area contributed by atoms with Gasteiger partial charge in [0.05, 0.1) is 0 Å². The number of carbonyl (C=O) groups is 1. The van der Waals surface area contributed by atoms with E-state index in [4.69, 9.17) is 11.6 Å². The summed E-state index contributed by atoms with van der Waals surface area (Å²) in [4.78, 5) is 13.1. The van der Waals surface area contributed by atoms with Crippen molar-refractivity contribution in [2.45, 2.75) is 19.4 Å². The van der Waals surface area contributed by atoms with Gasteiger partial charge in [-0.1, -0.05) is 11.6 Å². The lowest BCUT2D eigenvalue weighted by Gasteiger charge is -2.25. The Morgan fingerprint density at radius 3 is 2.69 bits per heavy atom. The third-order valence-electron chi connectivity index (χ3n) is 2.82. The highest BCUT2D eigenvalue weighted by Gasteiger charge is 2.17. The standard InChI is InChI=1S/C12H13ClFNO/c13-10-1-2-12(14)9(7-10)8-15-5-3-11(16)4-6-15/h1-2,7H,3-6,8H2. The quantitative estimate of drug-likeness (QED) is 0.794. The van der Waals surface area contributed by atoms with Crippen LogP contribution in [0.2, 0.25) is 5.02 Å². The molecule has 1 fully saturated rings. The number of benzene rings is 1. The molecule has 0 unspecified atom stereocenters. The summed E-state index contributed by atoms with van der Waals surface area (Å²) in [5.74, 6) is 0.0594. The number of carbonyl (C=O) groups excluding carboxylic acids is 1. The average Bonchev–Trinajstić information content (AvgIpc) is 2.27. The summed E-state index contributed by atoms with van der Waals surface area (Å²) in [6.45, 7) is 1.95. The van der Waals surface area contributed by atoms with Gasteiger partial charge in [-0.2, -0.15) is 0 Å². The Morgan fingerprint density at radius 1 is 1.31 bits per heavy atom. The van der Waals surface area contributed by atoms with Crippen molar-refractivity contribution in [3.63, 3.8) is 0 Å². The van der Waals surface area contributed by atoms with E-state index in [-0.39, 0.29) is 5.82 Å². The molecule has 0 saturated carbocycles. The van der Waals surface area contributed by atoms with E-state index >= 15 is 0 Å². The molecule has 16 heavy (non-hydrogen) atoms. The number of piperidine rings is 1. The summed E-state index contributed by atoms with van der Waals surface area (Å²) in [5.41, 5.74) is 0.599. The number of ketones is 1. The molecule has 1 aromatic carbocycles. The molecule has 1 heterocycles. The van der Waals surface area contributed by atoms with E-state index in [0.717, 1.165) is 0 Å². The van der Waals surface area contributed by atoms with Crippen molar-refractivity contribution in [2.24, 2.45) is 0 Å². The molecular formula is C12H13ClFNO. The van der Waals surface area contributed by atoms with Crippen molar-refractivity contribution >= 4 is 17.4 Å². The van der Waals surface area contributed by atoms with E-state index in [1.807, 2.05) is 0 Å². The van der Waals surface area contributed by atoms with Gasteiger partial charge >= 0.3 is 0 Å². The summed E-state index contributed by atoms with van der Waals surface area (Å²) in [7, 11) is 0. The lowest BCUT2D eigenvalue weighted by molar-refractivity contribution is -0.121. The van der Waals surface area contributed by atoms with Gasteiger partial charge in [-0.3, -0.25) is 9.69 Å². The Kier molecular flexibility index (Phi) is 3.56. The number of nitrogens with zero attached hydrogens (tertiary/aromatic N) is 1. The van der Waals surface area contributed by atoms with Crippen molar-refractivity contribution < 1.29 is 9.18 Å². The first-order valence-electron chi connectivity index (χ1n) is 5.33. The number of halogens is 2.